The molecule has 0 spiro atoms. The zero-order valence-electron chi connectivity index (χ0n) is 9.80. The van der Waals surface area contributed by atoms with Crippen molar-refractivity contribution < 1.29 is 18.8 Å². The van der Waals surface area contributed by atoms with Crippen LogP contribution in [0.5, 0.6) is 0 Å². The van der Waals surface area contributed by atoms with E-state index in [0.717, 1.165) is 12.1 Å². The van der Waals surface area contributed by atoms with Crippen molar-refractivity contribution >= 4 is 11.4 Å². The van der Waals surface area contributed by atoms with Crippen molar-refractivity contribution in [2.45, 2.75) is 13.2 Å². The molecule has 2 N–H and O–H groups in total. The minimum Gasteiger partial charge on any atom is -0.462 e. The third-order valence-electron chi connectivity index (χ3n) is 2.48. The Bertz CT molecular complexity index is 597. The summed E-state index contributed by atoms with van der Waals surface area (Å²) in [4.78, 5) is 10.1. The van der Waals surface area contributed by atoms with Gasteiger partial charge in [-0.15, -0.1) is 0 Å². The Kier molecular flexibility index (Phi) is 3.76. The number of halogens is 1. The van der Waals surface area contributed by atoms with E-state index in [1.165, 1.54) is 6.07 Å². The number of hydrogen-bond donors (Lipinski definition) is 2. The van der Waals surface area contributed by atoms with E-state index < -0.39 is 10.7 Å². The highest BCUT2D eigenvalue weighted by atomic mass is 19.1. The second kappa shape index (κ2) is 5.49. The number of rotatable bonds is 5. The largest absolute Gasteiger partial charge is 0.462 e. The first-order valence-electron chi connectivity index (χ1n) is 5.46. The lowest BCUT2D eigenvalue weighted by Crippen LogP contribution is -2.02. The summed E-state index contributed by atoms with van der Waals surface area (Å²) in [6, 6.07) is 6.54. The quantitative estimate of drug-likeness (QED) is 0.641. The van der Waals surface area contributed by atoms with E-state index in [1.54, 1.807) is 12.1 Å². The van der Waals surface area contributed by atoms with Gasteiger partial charge in [0.1, 0.15) is 29.6 Å². The Balaban J connectivity index is 2.12. The molecule has 0 atom stereocenters. The fourth-order valence-electron chi connectivity index (χ4n) is 1.59. The van der Waals surface area contributed by atoms with Gasteiger partial charge < -0.3 is 14.8 Å². The van der Waals surface area contributed by atoms with Gasteiger partial charge in [-0.25, -0.2) is 4.39 Å². The summed E-state index contributed by atoms with van der Waals surface area (Å²) in [6.07, 6.45) is 0. The van der Waals surface area contributed by atoms with Crippen LogP contribution >= 0.6 is 0 Å². The Morgan fingerprint density at radius 1 is 1.32 bits per heavy atom. The third-order valence-corrected chi connectivity index (χ3v) is 2.48. The first-order chi connectivity index (χ1) is 9.10. The maximum absolute atomic E-state index is 12.9. The molecule has 2 rings (SSSR count). The molecule has 100 valence electrons. The average Bonchev–Trinajstić information content (AvgIpc) is 2.85. The smallest absolute Gasteiger partial charge is 0.295 e. The second-order valence-corrected chi connectivity index (χ2v) is 3.80. The molecule has 0 aliphatic rings. The molecule has 2 aromatic rings. The summed E-state index contributed by atoms with van der Waals surface area (Å²) in [6.45, 7) is -0.0107. The summed E-state index contributed by atoms with van der Waals surface area (Å²) >= 11 is 0. The van der Waals surface area contributed by atoms with Gasteiger partial charge in [0, 0.05) is 0 Å². The molecule has 0 aliphatic heterocycles. The average molecular weight is 266 g/mol. The molecule has 0 aliphatic carbocycles. The minimum atomic E-state index is -0.669. The highest BCUT2D eigenvalue weighted by molar-refractivity contribution is 5.61. The number of hydrogen-bond acceptors (Lipinski definition) is 5. The van der Waals surface area contributed by atoms with Crippen LogP contribution in [0.3, 0.4) is 0 Å². The molecular formula is C12H11FN2O4. The van der Waals surface area contributed by atoms with E-state index in [0.29, 0.717) is 11.5 Å². The molecule has 7 heteroatoms. The van der Waals surface area contributed by atoms with Crippen molar-refractivity contribution in [1.29, 1.82) is 0 Å². The molecule has 1 aromatic carbocycles. The van der Waals surface area contributed by atoms with E-state index in [4.69, 9.17) is 9.52 Å². The number of aliphatic hydroxyl groups excluding tert-OH is 1. The molecule has 1 aromatic heterocycles. The number of nitrogens with zero attached hydrogens (tertiary/aromatic N) is 1. The third kappa shape index (κ3) is 3.08. The van der Waals surface area contributed by atoms with Crippen LogP contribution in [0.1, 0.15) is 11.5 Å². The van der Waals surface area contributed by atoms with Crippen LogP contribution in [-0.4, -0.2) is 10.0 Å². The maximum atomic E-state index is 12.9. The Hall–Kier alpha value is -2.41. The summed E-state index contributed by atoms with van der Waals surface area (Å²) in [5, 5.41) is 22.4. The summed E-state index contributed by atoms with van der Waals surface area (Å²) in [7, 11) is 0. The number of nitro benzene ring substituents is 1. The summed E-state index contributed by atoms with van der Waals surface area (Å²) < 4.78 is 18.2. The Labute approximate surface area is 107 Å². The zero-order valence-corrected chi connectivity index (χ0v) is 9.80. The van der Waals surface area contributed by atoms with E-state index in [9.17, 15) is 14.5 Å². The van der Waals surface area contributed by atoms with Crippen molar-refractivity contribution in [3.63, 3.8) is 0 Å². The monoisotopic (exact) mass is 266 g/mol. The minimum absolute atomic E-state index is 0.201. The molecule has 0 radical (unpaired) electrons. The highest BCUT2D eigenvalue weighted by Gasteiger charge is 2.14. The van der Waals surface area contributed by atoms with Crippen LogP contribution in [0.15, 0.2) is 34.7 Å². The molecule has 0 fully saturated rings. The standard InChI is InChI=1S/C12H11FN2O4/c13-8-1-4-11(12(5-8)15(17)18)14-6-9-2-3-10(7-16)19-9/h1-5,14,16H,6-7H2. The Morgan fingerprint density at radius 2 is 2.05 bits per heavy atom. The second-order valence-electron chi connectivity index (χ2n) is 3.80. The van der Waals surface area contributed by atoms with Crippen LogP contribution in [0.25, 0.3) is 0 Å². The van der Waals surface area contributed by atoms with Crippen molar-refractivity contribution in [3.05, 3.63) is 57.8 Å². The van der Waals surface area contributed by atoms with Crippen LogP contribution in [0.2, 0.25) is 0 Å². The number of furan rings is 1. The molecule has 1 heterocycles. The van der Waals surface area contributed by atoms with Gasteiger partial charge in [-0.1, -0.05) is 0 Å². The molecule has 0 amide bonds. The molecule has 19 heavy (non-hydrogen) atoms. The van der Waals surface area contributed by atoms with Gasteiger partial charge in [-0.05, 0) is 24.3 Å². The van der Waals surface area contributed by atoms with Gasteiger partial charge in [0.05, 0.1) is 17.5 Å². The van der Waals surface area contributed by atoms with Gasteiger partial charge in [0.2, 0.25) is 0 Å². The Morgan fingerprint density at radius 3 is 2.68 bits per heavy atom. The maximum Gasteiger partial charge on any atom is 0.295 e. The molecular weight excluding hydrogens is 255 g/mol. The number of benzene rings is 1. The predicted octanol–water partition coefficient (Wildman–Crippen LogP) is 2.43. The van der Waals surface area contributed by atoms with Crippen molar-refractivity contribution in [1.82, 2.24) is 0 Å². The molecule has 0 saturated carbocycles. The lowest BCUT2D eigenvalue weighted by atomic mass is 10.2. The number of aliphatic hydroxyl groups is 1. The van der Waals surface area contributed by atoms with Crippen LogP contribution in [0.4, 0.5) is 15.8 Å². The highest BCUT2D eigenvalue weighted by Crippen LogP contribution is 2.25. The van der Waals surface area contributed by atoms with Crippen molar-refractivity contribution in [2.75, 3.05) is 5.32 Å². The van der Waals surface area contributed by atoms with Gasteiger partial charge >= 0.3 is 0 Å². The lowest BCUT2D eigenvalue weighted by Gasteiger charge is -2.05. The predicted molar refractivity (Wildman–Crippen MR) is 65.0 cm³/mol. The van der Waals surface area contributed by atoms with Gasteiger partial charge in [-0.2, -0.15) is 0 Å². The number of nitrogens with one attached hydrogen (secondary N) is 1. The van der Waals surface area contributed by atoms with E-state index in [2.05, 4.69) is 5.32 Å². The molecule has 0 saturated heterocycles. The molecule has 0 bridgehead atoms. The molecule has 0 unspecified atom stereocenters. The summed E-state index contributed by atoms with van der Waals surface area (Å²) in [5.41, 5.74) is -0.137. The SMILES string of the molecule is O=[N+]([O-])c1cc(F)ccc1NCc1ccc(CO)o1. The first-order valence-corrected chi connectivity index (χ1v) is 5.46. The number of nitro groups is 1. The summed E-state index contributed by atoms with van der Waals surface area (Å²) in [5.74, 6) is 0.255. The normalized spacial score (nSPS) is 10.4. The fraction of sp³-hybridized carbons (Fsp3) is 0.167. The van der Waals surface area contributed by atoms with Gasteiger partial charge in [-0.3, -0.25) is 10.1 Å². The van der Waals surface area contributed by atoms with Gasteiger partial charge in [0.25, 0.3) is 5.69 Å². The van der Waals surface area contributed by atoms with E-state index in [-0.39, 0.29) is 24.5 Å². The van der Waals surface area contributed by atoms with Crippen LogP contribution in [0, 0.1) is 15.9 Å². The van der Waals surface area contributed by atoms with E-state index >= 15 is 0 Å². The van der Waals surface area contributed by atoms with Crippen molar-refractivity contribution in [3.8, 4) is 0 Å². The van der Waals surface area contributed by atoms with Crippen molar-refractivity contribution in [2.24, 2.45) is 0 Å². The number of anilines is 1. The topological polar surface area (TPSA) is 88.5 Å². The van der Waals surface area contributed by atoms with Crippen LogP contribution < -0.4 is 5.32 Å². The fourth-order valence-corrected chi connectivity index (χ4v) is 1.59. The lowest BCUT2D eigenvalue weighted by molar-refractivity contribution is -0.384. The molecule has 6 nitrogen and oxygen atoms in total. The van der Waals surface area contributed by atoms with E-state index in [1.807, 2.05) is 0 Å². The van der Waals surface area contributed by atoms with Crippen LogP contribution in [-0.2, 0) is 13.2 Å². The zero-order chi connectivity index (χ0) is 13.8. The van der Waals surface area contributed by atoms with Gasteiger partial charge in [0.15, 0.2) is 0 Å². The first kappa shape index (κ1) is 13.0.